The molecule has 5 aromatic heterocycles. The van der Waals surface area contributed by atoms with Crippen LogP contribution in [-0.4, -0.2) is 56.1 Å². The fraction of sp³-hybridized carbons (Fsp3) is 0.263. The molecule has 0 spiro atoms. The molecule has 5 heterocycles. The molecule has 5 rings (SSSR count). The molecule has 30 heavy (non-hydrogen) atoms. The first-order valence-electron chi connectivity index (χ1n) is 9.46. The SMILES string of the molecule is C[n+]1cc(-c2cnc3nnn(Cc4ccn5ncc(CO)c5c4)c3n2)cn1CCO. The summed E-state index contributed by atoms with van der Waals surface area (Å²) in [6, 6.07) is 3.92. The van der Waals surface area contributed by atoms with Crippen LogP contribution in [0.2, 0.25) is 0 Å². The number of fused-ring (bicyclic) bond motifs is 2. The molecule has 0 aliphatic rings. The van der Waals surface area contributed by atoms with E-state index in [1.165, 1.54) is 0 Å². The number of aromatic nitrogens is 9. The van der Waals surface area contributed by atoms with E-state index < -0.39 is 0 Å². The van der Waals surface area contributed by atoms with Gasteiger partial charge in [0.15, 0.2) is 12.7 Å². The van der Waals surface area contributed by atoms with Gasteiger partial charge in [0.1, 0.15) is 6.54 Å². The second kappa shape index (κ2) is 7.28. The Kier molecular flexibility index (Phi) is 4.45. The second-order valence-electron chi connectivity index (χ2n) is 7.02. The van der Waals surface area contributed by atoms with Crippen molar-refractivity contribution in [2.75, 3.05) is 6.61 Å². The van der Waals surface area contributed by atoms with Gasteiger partial charge in [-0.1, -0.05) is 5.21 Å². The van der Waals surface area contributed by atoms with Gasteiger partial charge >= 0.3 is 0 Å². The first-order chi connectivity index (χ1) is 14.7. The van der Waals surface area contributed by atoms with Gasteiger partial charge in [-0.15, -0.1) is 9.78 Å². The zero-order valence-corrected chi connectivity index (χ0v) is 16.3. The fourth-order valence-electron chi connectivity index (χ4n) is 3.49. The lowest BCUT2D eigenvalue weighted by molar-refractivity contribution is -0.753. The Morgan fingerprint density at radius 2 is 2.10 bits per heavy atom. The summed E-state index contributed by atoms with van der Waals surface area (Å²) in [6.07, 6.45) is 9.04. The summed E-state index contributed by atoms with van der Waals surface area (Å²) in [5.74, 6) is 0. The maximum atomic E-state index is 9.49. The molecule has 0 aliphatic heterocycles. The number of rotatable bonds is 6. The minimum Gasteiger partial charge on any atom is -0.394 e. The number of aliphatic hydroxyl groups is 2. The molecule has 0 saturated carbocycles. The number of aryl methyl sites for hydroxylation is 1. The van der Waals surface area contributed by atoms with Crippen molar-refractivity contribution < 1.29 is 14.9 Å². The number of nitrogens with zero attached hydrogens (tertiary/aromatic N) is 9. The van der Waals surface area contributed by atoms with Crippen LogP contribution in [0, 0.1) is 0 Å². The van der Waals surface area contributed by atoms with E-state index >= 15 is 0 Å². The van der Waals surface area contributed by atoms with Gasteiger partial charge in [0.2, 0.25) is 11.8 Å². The lowest BCUT2D eigenvalue weighted by Crippen LogP contribution is -2.38. The molecular formula is C19H20N9O2+. The molecule has 0 atom stereocenters. The van der Waals surface area contributed by atoms with Crippen molar-refractivity contribution in [1.82, 2.24) is 39.3 Å². The molecule has 0 saturated heterocycles. The number of hydrogen-bond donors (Lipinski definition) is 2. The average molecular weight is 406 g/mol. The van der Waals surface area contributed by atoms with Gasteiger partial charge in [0.05, 0.1) is 55.1 Å². The van der Waals surface area contributed by atoms with Crippen molar-refractivity contribution in [2.24, 2.45) is 7.05 Å². The third-order valence-corrected chi connectivity index (χ3v) is 5.04. The monoisotopic (exact) mass is 406 g/mol. The van der Waals surface area contributed by atoms with Gasteiger partial charge in [0.25, 0.3) is 0 Å². The topological polar surface area (TPSA) is 123 Å². The van der Waals surface area contributed by atoms with Gasteiger partial charge < -0.3 is 10.2 Å². The maximum Gasteiger partial charge on any atom is 0.221 e. The summed E-state index contributed by atoms with van der Waals surface area (Å²) in [7, 11) is 1.91. The molecule has 152 valence electrons. The van der Waals surface area contributed by atoms with E-state index in [0.717, 1.165) is 22.2 Å². The molecule has 0 radical (unpaired) electrons. The Balaban J connectivity index is 1.51. The van der Waals surface area contributed by atoms with Crippen molar-refractivity contribution in [1.29, 1.82) is 0 Å². The minimum atomic E-state index is -0.0681. The van der Waals surface area contributed by atoms with Crippen LogP contribution in [0.25, 0.3) is 28.1 Å². The lowest BCUT2D eigenvalue weighted by atomic mass is 10.2. The first kappa shape index (κ1) is 18.3. The Hall–Kier alpha value is -3.70. The molecular weight excluding hydrogens is 386 g/mol. The van der Waals surface area contributed by atoms with Crippen molar-refractivity contribution in [3.8, 4) is 11.3 Å². The second-order valence-corrected chi connectivity index (χ2v) is 7.02. The molecule has 11 nitrogen and oxygen atoms in total. The largest absolute Gasteiger partial charge is 0.394 e. The van der Waals surface area contributed by atoms with Crippen LogP contribution in [0.15, 0.2) is 43.1 Å². The van der Waals surface area contributed by atoms with E-state index in [-0.39, 0.29) is 13.2 Å². The lowest BCUT2D eigenvalue weighted by Gasteiger charge is -2.04. The van der Waals surface area contributed by atoms with Crippen LogP contribution in [0.3, 0.4) is 0 Å². The van der Waals surface area contributed by atoms with E-state index in [1.54, 1.807) is 21.6 Å². The maximum absolute atomic E-state index is 9.49. The van der Waals surface area contributed by atoms with Gasteiger partial charge in [-0.2, -0.15) is 9.78 Å². The quantitative estimate of drug-likeness (QED) is 0.371. The van der Waals surface area contributed by atoms with Crippen molar-refractivity contribution >= 4 is 16.8 Å². The summed E-state index contributed by atoms with van der Waals surface area (Å²) < 4.78 is 7.23. The smallest absolute Gasteiger partial charge is 0.221 e. The molecule has 11 heteroatoms. The third-order valence-electron chi connectivity index (χ3n) is 5.04. The van der Waals surface area contributed by atoms with E-state index in [0.29, 0.717) is 30.1 Å². The highest BCUT2D eigenvalue weighted by molar-refractivity contribution is 5.69. The van der Waals surface area contributed by atoms with Crippen LogP contribution in [0.1, 0.15) is 11.1 Å². The molecule has 0 fully saturated rings. The highest BCUT2D eigenvalue weighted by Crippen LogP contribution is 2.18. The van der Waals surface area contributed by atoms with Gasteiger partial charge in [-0.05, 0) is 17.7 Å². The zero-order chi connectivity index (χ0) is 20.7. The third kappa shape index (κ3) is 3.09. The highest BCUT2D eigenvalue weighted by Gasteiger charge is 2.15. The standard InChI is InChI=1S/C19H20N9O2/c1-25-10-15(11-26(25)4-5-29)16-8-20-18-19(22-16)28(24-23-18)9-13-2-3-27-17(6-13)14(12-30)7-21-27/h2-3,6-8,10-11,29-30H,4-5,9,12H2,1H3/q+1. The Labute approximate surface area is 170 Å². The number of pyridine rings is 1. The van der Waals surface area contributed by atoms with Crippen LogP contribution < -0.4 is 4.68 Å². The summed E-state index contributed by atoms with van der Waals surface area (Å²) in [4.78, 5) is 9.13. The molecule has 2 N–H and O–H groups in total. The fourth-order valence-corrected chi connectivity index (χ4v) is 3.49. The Bertz CT molecular complexity index is 1350. The van der Waals surface area contributed by atoms with Crippen molar-refractivity contribution in [2.45, 2.75) is 19.7 Å². The van der Waals surface area contributed by atoms with E-state index in [1.807, 2.05) is 47.1 Å². The first-order valence-corrected chi connectivity index (χ1v) is 9.46. The molecule has 5 aromatic rings. The Morgan fingerprint density at radius 3 is 2.93 bits per heavy atom. The number of hydrogen-bond acceptors (Lipinski definition) is 7. The van der Waals surface area contributed by atoms with Crippen molar-refractivity contribution in [3.63, 3.8) is 0 Å². The van der Waals surface area contributed by atoms with E-state index in [4.69, 9.17) is 4.98 Å². The van der Waals surface area contributed by atoms with Gasteiger partial charge in [-0.25, -0.2) is 19.2 Å². The van der Waals surface area contributed by atoms with Gasteiger partial charge in [0, 0.05) is 11.8 Å². The van der Waals surface area contributed by atoms with Crippen LogP contribution in [0.4, 0.5) is 0 Å². The summed E-state index contributed by atoms with van der Waals surface area (Å²) >= 11 is 0. The van der Waals surface area contributed by atoms with Crippen LogP contribution in [-0.2, 0) is 26.7 Å². The normalized spacial score (nSPS) is 11.7. The van der Waals surface area contributed by atoms with Gasteiger partial charge in [-0.3, -0.25) is 0 Å². The Morgan fingerprint density at radius 1 is 1.20 bits per heavy atom. The predicted octanol–water partition coefficient (Wildman–Crippen LogP) is -0.305. The summed E-state index contributed by atoms with van der Waals surface area (Å²) in [5, 5.41) is 31.3. The van der Waals surface area contributed by atoms with Crippen LogP contribution in [0.5, 0.6) is 0 Å². The van der Waals surface area contributed by atoms with E-state index in [9.17, 15) is 10.2 Å². The predicted molar refractivity (Wildman–Crippen MR) is 105 cm³/mol. The van der Waals surface area contributed by atoms with Crippen LogP contribution >= 0.6 is 0 Å². The molecule has 0 amide bonds. The summed E-state index contributed by atoms with van der Waals surface area (Å²) in [6.45, 7) is 0.948. The molecule has 0 unspecified atom stereocenters. The molecule has 0 aromatic carbocycles. The summed E-state index contributed by atoms with van der Waals surface area (Å²) in [5.41, 5.74) is 5.25. The number of aliphatic hydroxyl groups excluding tert-OH is 2. The average Bonchev–Trinajstić information content (AvgIpc) is 3.45. The van der Waals surface area contributed by atoms with E-state index in [2.05, 4.69) is 20.4 Å². The molecule has 0 aliphatic carbocycles. The highest BCUT2D eigenvalue weighted by atomic mass is 16.3. The minimum absolute atomic E-state index is 0.0584. The zero-order valence-electron chi connectivity index (χ0n) is 16.3. The van der Waals surface area contributed by atoms with Crippen molar-refractivity contribution in [3.05, 3.63) is 54.2 Å². The molecule has 0 bridgehead atoms.